The third-order valence-corrected chi connectivity index (χ3v) is 7.45. The minimum absolute atomic E-state index is 0.159. The highest BCUT2D eigenvalue weighted by molar-refractivity contribution is 7.14. The smallest absolute Gasteiger partial charge is 0.267 e. The molecule has 1 N–H and O–H groups in total. The molecule has 0 spiro atoms. The van der Waals surface area contributed by atoms with Gasteiger partial charge in [-0.25, -0.2) is 13.8 Å². The van der Waals surface area contributed by atoms with E-state index < -0.39 is 12.5 Å². The van der Waals surface area contributed by atoms with Crippen molar-refractivity contribution >= 4 is 22.4 Å². The van der Waals surface area contributed by atoms with Gasteiger partial charge in [0.25, 0.3) is 5.92 Å². The van der Waals surface area contributed by atoms with Crippen molar-refractivity contribution in [2.75, 3.05) is 50.7 Å². The summed E-state index contributed by atoms with van der Waals surface area (Å²) in [4.78, 5) is 23.5. The highest BCUT2D eigenvalue weighted by Crippen LogP contribution is 2.30. The molecule has 2 atom stereocenters. The van der Waals surface area contributed by atoms with Gasteiger partial charge in [-0.3, -0.25) is 9.69 Å². The van der Waals surface area contributed by atoms with Crippen molar-refractivity contribution in [2.45, 2.75) is 30.8 Å². The molecule has 0 unspecified atom stereocenters. The lowest BCUT2D eigenvalue weighted by Gasteiger charge is -2.37. The van der Waals surface area contributed by atoms with Gasteiger partial charge >= 0.3 is 0 Å². The maximum atomic E-state index is 13.5. The molecular weight excluding hydrogens is 420 g/mol. The lowest BCUT2D eigenvalue weighted by atomic mass is 10.1. The van der Waals surface area contributed by atoms with Crippen molar-refractivity contribution in [1.82, 2.24) is 20.1 Å². The quantitative estimate of drug-likeness (QED) is 0.781. The van der Waals surface area contributed by atoms with Crippen molar-refractivity contribution < 1.29 is 13.6 Å². The highest BCUT2D eigenvalue weighted by Gasteiger charge is 2.43. The molecular formula is C22H27F2N5OS. The molecule has 0 radical (unpaired) electrons. The number of amides is 1. The van der Waals surface area contributed by atoms with E-state index in [1.165, 1.54) is 4.90 Å². The van der Waals surface area contributed by atoms with Crippen LogP contribution in [0.15, 0.2) is 35.7 Å². The average Bonchev–Trinajstić information content (AvgIpc) is 3.54. The fraction of sp³-hybridized carbons (Fsp3) is 0.545. The minimum Gasteiger partial charge on any atom is -0.346 e. The second-order valence-corrected chi connectivity index (χ2v) is 9.46. The first-order chi connectivity index (χ1) is 15.0. The van der Waals surface area contributed by atoms with Crippen LogP contribution < -0.4 is 10.2 Å². The van der Waals surface area contributed by atoms with E-state index in [2.05, 4.69) is 32.6 Å². The molecule has 3 saturated heterocycles. The standard InChI is InChI=1S/C22H27F2N5OS/c23-22(24)6-7-29(15-22)20(30)18-12-17(13-25-18)27-8-10-28(11-9-27)21-26-19(14-31-21)16-4-2-1-3-5-16/h1-5,14,17-18,25H,6-13,15H2/t17-,18-/m0/s1. The second kappa shape index (κ2) is 8.44. The average molecular weight is 448 g/mol. The molecule has 0 aliphatic carbocycles. The normalized spacial score (nSPS) is 26.5. The number of rotatable bonds is 4. The zero-order valence-electron chi connectivity index (χ0n) is 17.3. The summed E-state index contributed by atoms with van der Waals surface area (Å²) in [6.07, 6.45) is 0.468. The van der Waals surface area contributed by atoms with Crippen molar-refractivity contribution in [3.63, 3.8) is 0 Å². The Morgan fingerprint density at radius 3 is 2.61 bits per heavy atom. The number of thiazole rings is 1. The number of benzene rings is 1. The maximum Gasteiger partial charge on any atom is 0.267 e. The molecule has 4 heterocycles. The van der Waals surface area contributed by atoms with Crippen LogP contribution in [0.25, 0.3) is 11.3 Å². The van der Waals surface area contributed by atoms with E-state index in [1.807, 2.05) is 18.2 Å². The first-order valence-electron chi connectivity index (χ1n) is 10.9. The van der Waals surface area contributed by atoms with Gasteiger partial charge < -0.3 is 15.1 Å². The second-order valence-electron chi connectivity index (χ2n) is 8.62. The fourth-order valence-corrected chi connectivity index (χ4v) is 5.65. The first-order valence-corrected chi connectivity index (χ1v) is 11.8. The van der Waals surface area contributed by atoms with Crippen LogP contribution in [0.5, 0.6) is 0 Å². The van der Waals surface area contributed by atoms with Gasteiger partial charge in [-0.1, -0.05) is 30.3 Å². The number of aromatic nitrogens is 1. The Labute approximate surface area is 184 Å². The van der Waals surface area contributed by atoms with Gasteiger partial charge in [0, 0.05) is 62.7 Å². The Morgan fingerprint density at radius 2 is 1.90 bits per heavy atom. The molecule has 0 bridgehead atoms. The molecule has 31 heavy (non-hydrogen) atoms. The van der Waals surface area contributed by atoms with Crippen molar-refractivity contribution in [2.24, 2.45) is 0 Å². The van der Waals surface area contributed by atoms with Gasteiger partial charge in [-0.05, 0) is 6.42 Å². The van der Waals surface area contributed by atoms with Gasteiger partial charge in [0.1, 0.15) is 0 Å². The molecule has 1 amide bonds. The number of anilines is 1. The third kappa shape index (κ3) is 4.44. The van der Waals surface area contributed by atoms with E-state index in [0.29, 0.717) is 6.42 Å². The van der Waals surface area contributed by atoms with E-state index >= 15 is 0 Å². The summed E-state index contributed by atoms with van der Waals surface area (Å²) in [6.45, 7) is 4.07. The van der Waals surface area contributed by atoms with E-state index in [-0.39, 0.29) is 31.0 Å². The van der Waals surface area contributed by atoms with Gasteiger partial charge in [0.2, 0.25) is 5.91 Å². The van der Waals surface area contributed by atoms with Crippen molar-refractivity contribution in [3.8, 4) is 11.3 Å². The molecule has 3 aliphatic heterocycles. The zero-order valence-corrected chi connectivity index (χ0v) is 18.2. The molecule has 9 heteroatoms. The van der Waals surface area contributed by atoms with Gasteiger partial charge in [-0.15, -0.1) is 11.3 Å². The largest absolute Gasteiger partial charge is 0.346 e. The first kappa shape index (κ1) is 20.8. The fourth-order valence-electron chi connectivity index (χ4n) is 4.76. The molecule has 3 fully saturated rings. The number of hydrogen-bond donors (Lipinski definition) is 1. The summed E-state index contributed by atoms with van der Waals surface area (Å²) in [7, 11) is 0. The van der Waals surface area contributed by atoms with Gasteiger partial charge in [0.05, 0.1) is 18.3 Å². The van der Waals surface area contributed by atoms with Crippen molar-refractivity contribution in [1.29, 1.82) is 0 Å². The highest BCUT2D eigenvalue weighted by atomic mass is 32.1. The summed E-state index contributed by atoms with van der Waals surface area (Å²) < 4.78 is 26.9. The summed E-state index contributed by atoms with van der Waals surface area (Å²) in [5.74, 6) is -2.91. The zero-order chi connectivity index (χ0) is 21.4. The lowest BCUT2D eigenvalue weighted by Crippen LogP contribution is -2.51. The van der Waals surface area contributed by atoms with Crippen LogP contribution in [-0.2, 0) is 4.79 Å². The number of nitrogens with one attached hydrogen (secondary N) is 1. The predicted molar refractivity (Wildman–Crippen MR) is 118 cm³/mol. The summed E-state index contributed by atoms with van der Waals surface area (Å²) in [6, 6.07) is 10.1. The van der Waals surface area contributed by atoms with Crippen LogP contribution in [0.3, 0.4) is 0 Å². The SMILES string of the molecule is O=C([C@@H]1C[C@H](N2CCN(c3nc(-c4ccccc4)cs3)CC2)CN1)N1CCC(F)(F)C1. The Hall–Kier alpha value is -2.10. The Balaban J connectivity index is 1.13. The Morgan fingerprint density at radius 1 is 1.13 bits per heavy atom. The van der Waals surface area contributed by atoms with Crippen LogP contribution in [-0.4, -0.2) is 84.5 Å². The third-order valence-electron chi connectivity index (χ3n) is 6.55. The number of piperazine rings is 1. The van der Waals surface area contributed by atoms with Crippen LogP contribution in [0.4, 0.5) is 13.9 Å². The topological polar surface area (TPSA) is 51.7 Å². The molecule has 6 nitrogen and oxygen atoms in total. The summed E-state index contributed by atoms with van der Waals surface area (Å²) in [5.41, 5.74) is 2.14. The Bertz CT molecular complexity index is 916. The summed E-state index contributed by atoms with van der Waals surface area (Å²) >= 11 is 1.68. The van der Waals surface area contributed by atoms with Crippen LogP contribution in [0.2, 0.25) is 0 Å². The number of nitrogens with zero attached hydrogens (tertiary/aromatic N) is 4. The molecule has 1 aromatic heterocycles. The molecule has 3 aliphatic rings. The van der Waals surface area contributed by atoms with Gasteiger partial charge in [-0.2, -0.15) is 0 Å². The van der Waals surface area contributed by atoms with E-state index in [9.17, 15) is 13.6 Å². The van der Waals surface area contributed by atoms with Crippen LogP contribution in [0.1, 0.15) is 12.8 Å². The molecule has 166 valence electrons. The van der Waals surface area contributed by atoms with E-state index in [1.54, 1.807) is 11.3 Å². The molecule has 2 aromatic rings. The van der Waals surface area contributed by atoms with E-state index in [0.717, 1.165) is 49.1 Å². The number of carbonyl (C=O) groups is 1. The number of halogens is 2. The molecule has 0 saturated carbocycles. The summed E-state index contributed by atoms with van der Waals surface area (Å²) in [5, 5.41) is 6.43. The number of alkyl halides is 2. The van der Waals surface area contributed by atoms with Crippen LogP contribution in [0, 0.1) is 0 Å². The number of carbonyl (C=O) groups excluding carboxylic acids is 1. The van der Waals surface area contributed by atoms with Crippen LogP contribution >= 0.6 is 11.3 Å². The monoisotopic (exact) mass is 447 g/mol. The number of likely N-dealkylation sites (tertiary alicyclic amines) is 1. The van der Waals surface area contributed by atoms with Crippen molar-refractivity contribution in [3.05, 3.63) is 35.7 Å². The van der Waals surface area contributed by atoms with E-state index in [4.69, 9.17) is 4.98 Å². The Kier molecular flexibility index (Phi) is 5.66. The minimum atomic E-state index is -2.74. The number of hydrogen-bond acceptors (Lipinski definition) is 6. The molecule has 5 rings (SSSR count). The lowest BCUT2D eigenvalue weighted by molar-refractivity contribution is -0.133. The predicted octanol–water partition coefficient (Wildman–Crippen LogP) is 2.53. The van der Waals surface area contributed by atoms with Gasteiger partial charge in [0.15, 0.2) is 5.13 Å². The maximum absolute atomic E-state index is 13.5. The molecule has 1 aromatic carbocycles.